The molecule has 8 heteroatoms. The van der Waals surface area contributed by atoms with Crippen molar-refractivity contribution in [3.63, 3.8) is 0 Å². The second kappa shape index (κ2) is 9.09. The molecule has 8 nitrogen and oxygen atoms in total. The molecule has 3 aromatic rings. The summed E-state index contributed by atoms with van der Waals surface area (Å²) in [5.41, 5.74) is 8.08. The predicted octanol–water partition coefficient (Wildman–Crippen LogP) is 1.73. The van der Waals surface area contributed by atoms with Crippen molar-refractivity contribution in [2.45, 2.75) is 25.9 Å². The molecule has 1 saturated heterocycles. The summed E-state index contributed by atoms with van der Waals surface area (Å²) in [6.45, 7) is 2.00. The topological polar surface area (TPSA) is 110 Å². The lowest BCUT2D eigenvalue weighted by molar-refractivity contribution is -0.123. The SMILES string of the molecule is NC(=O)C1CCCN(Cc2ccccc2NC(=O)Cn2c(=O)cnc3ccccc32)C1. The van der Waals surface area contributed by atoms with E-state index in [4.69, 9.17) is 5.73 Å². The Hall–Kier alpha value is -3.52. The number of primary amides is 1. The summed E-state index contributed by atoms with van der Waals surface area (Å²) in [5.74, 6) is -0.691. The quantitative estimate of drug-likeness (QED) is 0.632. The molecule has 2 aromatic carbocycles. The summed E-state index contributed by atoms with van der Waals surface area (Å²) < 4.78 is 1.42. The van der Waals surface area contributed by atoms with E-state index in [1.807, 2.05) is 36.4 Å². The van der Waals surface area contributed by atoms with Gasteiger partial charge < -0.3 is 11.1 Å². The number of fused-ring (bicyclic) bond motifs is 1. The normalized spacial score (nSPS) is 16.8. The third kappa shape index (κ3) is 4.80. The lowest BCUT2D eigenvalue weighted by Crippen LogP contribution is -2.40. The smallest absolute Gasteiger partial charge is 0.269 e. The van der Waals surface area contributed by atoms with Gasteiger partial charge in [0, 0.05) is 18.8 Å². The highest BCUT2D eigenvalue weighted by molar-refractivity contribution is 5.92. The van der Waals surface area contributed by atoms with Gasteiger partial charge in [0.1, 0.15) is 6.54 Å². The number of benzene rings is 2. The van der Waals surface area contributed by atoms with Crippen molar-refractivity contribution in [1.82, 2.24) is 14.5 Å². The summed E-state index contributed by atoms with van der Waals surface area (Å²) in [6, 6.07) is 14.8. The third-order valence-corrected chi connectivity index (χ3v) is 5.65. The zero-order chi connectivity index (χ0) is 21.8. The van der Waals surface area contributed by atoms with E-state index in [0.717, 1.165) is 24.9 Å². The molecule has 1 atom stereocenters. The first-order valence-electron chi connectivity index (χ1n) is 10.4. The highest BCUT2D eigenvalue weighted by Gasteiger charge is 2.24. The van der Waals surface area contributed by atoms with Crippen LogP contribution in [0.2, 0.25) is 0 Å². The van der Waals surface area contributed by atoms with Gasteiger partial charge in [0.15, 0.2) is 0 Å². The number of anilines is 1. The molecular formula is C23H25N5O3. The number of likely N-dealkylation sites (tertiary alicyclic amines) is 1. The van der Waals surface area contributed by atoms with E-state index >= 15 is 0 Å². The van der Waals surface area contributed by atoms with Crippen molar-refractivity contribution >= 4 is 28.5 Å². The maximum atomic E-state index is 12.8. The lowest BCUT2D eigenvalue weighted by atomic mass is 9.97. The van der Waals surface area contributed by atoms with Gasteiger partial charge in [-0.3, -0.25) is 23.9 Å². The van der Waals surface area contributed by atoms with Gasteiger partial charge in [-0.1, -0.05) is 30.3 Å². The maximum Gasteiger partial charge on any atom is 0.269 e. The Labute approximate surface area is 179 Å². The Morgan fingerprint density at radius 3 is 2.74 bits per heavy atom. The van der Waals surface area contributed by atoms with E-state index in [-0.39, 0.29) is 29.8 Å². The minimum absolute atomic E-state index is 0.107. The minimum atomic E-state index is -0.326. The average molecular weight is 419 g/mol. The Morgan fingerprint density at radius 2 is 1.90 bits per heavy atom. The lowest BCUT2D eigenvalue weighted by Gasteiger charge is -2.31. The number of para-hydroxylation sites is 3. The Balaban J connectivity index is 1.49. The summed E-state index contributed by atoms with van der Waals surface area (Å²) in [6.07, 6.45) is 2.97. The highest BCUT2D eigenvalue weighted by atomic mass is 16.2. The van der Waals surface area contributed by atoms with E-state index in [9.17, 15) is 14.4 Å². The monoisotopic (exact) mass is 419 g/mol. The molecule has 1 aromatic heterocycles. The zero-order valence-corrected chi connectivity index (χ0v) is 17.2. The molecule has 4 rings (SSSR count). The second-order valence-corrected chi connectivity index (χ2v) is 7.85. The minimum Gasteiger partial charge on any atom is -0.369 e. The van der Waals surface area contributed by atoms with Crippen molar-refractivity contribution in [3.05, 3.63) is 70.6 Å². The van der Waals surface area contributed by atoms with Crippen molar-refractivity contribution < 1.29 is 9.59 Å². The van der Waals surface area contributed by atoms with Gasteiger partial charge in [0.05, 0.1) is 23.1 Å². The molecule has 1 aliphatic rings. The number of rotatable bonds is 6. The van der Waals surface area contributed by atoms with Crippen molar-refractivity contribution in [2.24, 2.45) is 11.7 Å². The molecule has 160 valence electrons. The first-order valence-corrected chi connectivity index (χ1v) is 10.4. The largest absolute Gasteiger partial charge is 0.369 e. The number of hydrogen-bond acceptors (Lipinski definition) is 5. The molecule has 31 heavy (non-hydrogen) atoms. The van der Waals surface area contributed by atoms with Crippen LogP contribution in [-0.4, -0.2) is 39.4 Å². The van der Waals surface area contributed by atoms with Crippen LogP contribution in [0.5, 0.6) is 0 Å². The first kappa shape index (κ1) is 20.7. The summed E-state index contributed by atoms with van der Waals surface area (Å²) in [5, 5.41) is 2.94. The van der Waals surface area contributed by atoms with Gasteiger partial charge >= 0.3 is 0 Å². The van der Waals surface area contributed by atoms with Crippen LogP contribution in [0.4, 0.5) is 5.69 Å². The number of piperidine rings is 1. The van der Waals surface area contributed by atoms with Crippen LogP contribution < -0.4 is 16.6 Å². The van der Waals surface area contributed by atoms with Gasteiger partial charge in [0.25, 0.3) is 5.56 Å². The highest BCUT2D eigenvalue weighted by Crippen LogP contribution is 2.22. The molecule has 0 radical (unpaired) electrons. The standard InChI is InChI=1S/C23H25N5O3/c24-23(31)17-7-5-11-27(14-17)13-16-6-1-2-8-18(16)26-21(29)15-28-20-10-4-3-9-19(20)25-12-22(28)30/h1-4,6,8-10,12,17H,5,7,11,13-15H2,(H2,24,31)(H,26,29). The summed E-state index contributed by atoms with van der Waals surface area (Å²) in [7, 11) is 0. The molecule has 2 amide bonds. The number of carbonyl (C=O) groups is 2. The number of nitrogens with two attached hydrogens (primary N) is 1. The number of amides is 2. The molecule has 3 N–H and O–H groups in total. The molecule has 1 unspecified atom stereocenters. The maximum absolute atomic E-state index is 12.8. The van der Waals surface area contributed by atoms with Crippen LogP contribution in [0.15, 0.2) is 59.5 Å². The fraction of sp³-hybridized carbons (Fsp3) is 0.304. The van der Waals surface area contributed by atoms with Crippen LogP contribution in [-0.2, 0) is 22.7 Å². The molecule has 0 saturated carbocycles. The second-order valence-electron chi connectivity index (χ2n) is 7.85. The Bertz CT molecular complexity index is 1170. The van der Waals surface area contributed by atoms with Gasteiger partial charge in [-0.05, 0) is 43.1 Å². The van der Waals surface area contributed by atoms with Gasteiger partial charge in [-0.15, -0.1) is 0 Å². The van der Waals surface area contributed by atoms with Gasteiger partial charge in [-0.2, -0.15) is 0 Å². The van der Waals surface area contributed by atoms with E-state index in [2.05, 4.69) is 15.2 Å². The first-order chi connectivity index (χ1) is 15.0. The van der Waals surface area contributed by atoms with Crippen LogP contribution >= 0.6 is 0 Å². The van der Waals surface area contributed by atoms with Crippen LogP contribution in [0, 0.1) is 5.92 Å². The third-order valence-electron chi connectivity index (χ3n) is 5.65. The van der Waals surface area contributed by atoms with Crippen LogP contribution in [0.3, 0.4) is 0 Å². The summed E-state index contributed by atoms with van der Waals surface area (Å²) >= 11 is 0. The van der Waals surface area contributed by atoms with Crippen LogP contribution in [0.25, 0.3) is 11.0 Å². The van der Waals surface area contributed by atoms with Crippen LogP contribution in [0.1, 0.15) is 18.4 Å². The molecule has 2 heterocycles. The van der Waals surface area contributed by atoms with Crippen molar-refractivity contribution in [3.8, 4) is 0 Å². The van der Waals surface area contributed by atoms with Crippen molar-refractivity contribution in [2.75, 3.05) is 18.4 Å². The number of carbonyl (C=O) groups excluding carboxylic acids is 2. The zero-order valence-electron chi connectivity index (χ0n) is 17.2. The van der Waals surface area contributed by atoms with E-state index in [1.165, 1.54) is 10.8 Å². The van der Waals surface area contributed by atoms with Gasteiger partial charge in [-0.25, -0.2) is 4.98 Å². The molecule has 0 aliphatic carbocycles. The molecule has 0 spiro atoms. The molecular weight excluding hydrogens is 394 g/mol. The number of aromatic nitrogens is 2. The van der Waals surface area contributed by atoms with E-state index < -0.39 is 0 Å². The fourth-order valence-electron chi connectivity index (χ4n) is 4.06. The molecule has 1 fully saturated rings. The van der Waals surface area contributed by atoms with E-state index in [0.29, 0.717) is 29.8 Å². The Kier molecular flexibility index (Phi) is 6.08. The van der Waals surface area contributed by atoms with Crippen molar-refractivity contribution in [1.29, 1.82) is 0 Å². The molecule has 1 aliphatic heterocycles. The predicted molar refractivity (Wildman–Crippen MR) is 118 cm³/mol. The number of hydrogen-bond donors (Lipinski definition) is 2. The Morgan fingerprint density at radius 1 is 1.13 bits per heavy atom. The fourth-order valence-corrected chi connectivity index (χ4v) is 4.06. The number of nitrogens with one attached hydrogen (secondary N) is 1. The van der Waals surface area contributed by atoms with E-state index in [1.54, 1.807) is 12.1 Å². The number of nitrogens with zero attached hydrogens (tertiary/aromatic N) is 3. The average Bonchev–Trinajstić information content (AvgIpc) is 2.77. The van der Waals surface area contributed by atoms with Gasteiger partial charge in [0.2, 0.25) is 11.8 Å². The molecule has 0 bridgehead atoms. The summed E-state index contributed by atoms with van der Waals surface area (Å²) in [4.78, 5) is 43.0.